The Morgan fingerprint density at radius 3 is 2.40 bits per heavy atom. The zero-order valence-corrected chi connectivity index (χ0v) is 10.5. The van der Waals surface area contributed by atoms with Crippen LogP contribution in [0.25, 0.3) is 0 Å². The molecule has 1 atom stereocenters. The van der Waals surface area contributed by atoms with E-state index in [1.807, 2.05) is 11.8 Å². The van der Waals surface area contributed by atoms with E-state index in [1.165, 1.54) is 25.7 Å². The molecule has 2 fully saturated rings. The van der Waals surface area contributed by atoms with Gasteiger partial charge in [0.15, 0.2) is 0 Å². The lowest BCUT2D eigenvalue weighted by Crippen LogP contribution is -2.45. The molecule has 2 heterocycles. The highest BCUT2D eigenvalue weighted by Gasteiger charge is 2.27. The van der Waals surface area contributed by atoms with Crippen molar-refractivity contribution in [1.29, 1.82) is 0 Å². The maximum atomic E-state index is 12.0. The smallest absolute Gasteiger partial charge is 0.240 e. The summed E-state index contributed by atoms with van der Waals surface area (Å²) in [6.07, 6.45) is 4.95. The normalized spacial score (nSPS) is 26.9. The Morgan fingerprint density at radius 1 is 1.20 bits per heavy atom. The van der Waals surface area contributed by atoms with Crippen molar-refractivity contribution in [3.8, 4) is 0 Å². The second kappa shape index (κ2) is 6.61. The quantitative estimate of drug-likeness (QED) is 0.765. The van der Waals surface area contributed by atoms with Gasteiger partial charge in [-0.05, 0) is 12.8 Å². The van der Waals surface area contributed by atoms with Gasteiger partial charge < -0.3 is 4.90 Å². The standard InChI is InChI=1S/C10H18N2OS.ClH/c13-10(9-7-14-8-11-9)12-5-3-1-2-4-6-12;/h9,11H,1-8H2;1H. The second-order valence-electron chi connectivity index (χ2n) is 4.01. The van der Waals surface area contributed by atoms with Gasteiger partial charge in [-0.1, -0.05) is 12.8 Å². The number of hydrogen-bond acceptors (Lipinski definition) is 3. The average molecular weight is 251 g/mol. The van der Waals surface area contributed by atoms with Gasteiger partial charge in [0, 0.05) is 24.7 Å². The van der Waals surface area contributed by atoms with Crippen molar-refractivity contribution in [2.45, 2.75) is 31.7 Å². The molecule has 0 aromatic carbocycles. The topological polar surface area (TPSA) is 32.3 Å². The third kappa shape index (κ3) is 3.54. The Hall–Kier alpha value is 0.0700. The number of thioether (sulfide) groups is 1. The highest BCUT2D eigenvalue weighted by Crippen LogP contribution is 2.15. The van der Waals surface area contributed by atoms with Crippen molar-refractivity contribution < 1.29 is 4.79 Å². The summed E-state index contributed by atoms with van der Waals surface area (Å²) in [5.74, 6) is 2.22. The van der Waals surface area contributed by atoms with Crippen LogP contribution in [0.15, 0.2) is 0 Å². The molecule has 0 aromatic rings. The zero-order chi connectivity index (χ0) is 9.80. The number of amides is 1. The molecule has 0 aliphatic carbocycles. The van der Waals surface area contributed by atoms with Gasteiger partial charge in [-0.2, -0.15) is 0 Å². The van der Waals surface area contributed by atoms with Crippen LogP contribution in [0, 0.1) is 0 Å². The van der Waals surface area contributed by atoms with Gasteiger partial charge in [0.05, 0.1) is 6.04 Å². The molecular weight excluding hydrogens is 232 g/mol. The number of halogens is 1. The molecule has 0 saturated carbocycles. The summed E-state index contributed by atoms with van der Waals surface area (Å²) in [5.41, 5.74) is 0. The monoisotopic (exact) mass is 250 g/mol. The van der Waals surface area contributed by atoms with E-state index < -0.39 is 0 Å². The number of rotatable bonds is 1. The number of nitrogens with zero attached hydrogens (tertiary/aromatic N) is 1. The SMILES string of the molecule is Cl.O=C(C1CSCN1)N1CCCCCC1. The lowest BCUT2D eigenvalue weighted by molar-refractivity contribution is -0.132. The van der Waals surface area contributed by atoms with Gasteiger partial charge in [0.2, 0.25) is 5.91 Å². The van der Waals surface area contributed by atoms with E-state index >= 15 is 0 Å². The maximum absolute atomic E-state index is 12.0. The molecular formula is C10H19ClN2OS. The fourth-order valence-electron chi connectivity index (χ4n) is 2.07. The molecule has 0 radical (unpaired) electrons. The first kappa shape index (κ1) is 13.1. The summed E-state index contributed by atoms with van der Waals surface area (Å²) in [7, 11) is 0. The molecule has 2 saturated heterocycles. The van der Waals surface area contributed by atoms with Gasteiger partial charge in [-0.15, -0.1) is 24.2 Å². The van der Waals surface area contributed by atoms with Gasteiger partial charge in [0.25, 0.3) is 0 Å². The minimum absolute atomic E-state index is 0. The Labute approximate surface area is 102 Å². The van der Waals surface area contributed by atoms with Crippen molar-refractivity contribution in [1.82, 2.24) is 10.2 Å². The van der Waals surface area contributed by atoms with E-state index in [9.17, 15) is 4.79 Å². The van der Waals surface area contributed by atoms with E-state index in [0.717, 1.165) is 24.7 Å². The Bertz CT molecular complexity index is 202. The summed E-state index contributed by atoms with van der Waals surface area (Å²) >= 11 is 1.82. The van der Waals surface area contributed by atoms with Crippen LogP contribution in [0.3, 0.4) is 0 Å². The highest BCUT2D eigenvalue weighted by molar-refractivity contribution is 7.99. The molecule has 2 aliphatic heterocycles. The van der Waals surface area contributed by atoms with Crippen LogP contribution in [0.4, 0.5) is 0 Å². The summed E-state index contributed by atoms with van der Waals surface area (Å²) in [4.78, 5) is 14.1. The third-order valence-corrected chi connectivity index (χ3v) is 3.87. The molecule has 0 aromatic heterocycles. The number of carbonyl (C=O) groups excluding carboxylic acids is 1. The van der Waals surface area contributed by atoms with E-state index in [1.54, 1.807) is 0 Å². The van der Waals surface area contributed by atoms with Crippen LogP contribution in [-0.2, 0) is 4.79 Å². The largest absolute Gasteiger partial charge is 0.341 e. The van der Waals surface area contributed by atoms with Crippen LogP contribution in [0.2, 0.25) is 0 Å². The minimum Gasteiger partial charge on any atom is -0.341 e. The number of nitrogens with one attached hydrogen (secondary N) is 1. The van der Waals surface area contributed by atoms with Gasteiger partial charge in [-0.25, -0.2) is 0 Å². The van der Waals surface area contributed by atoms with Crippen molar-refractivity contribution in [3.63, 3.8) is 0 Å². The van der Waals surface area contributed by atoms with E-state index in [2.05, 4.69) is 10.2 Å². The van der Waals surface area contributed by atoms with E-state index in [0.29, 0.717) is 5.91 Å². The van der Waals surface area contributed by atoms with Gasteiger partial charge in [-0.3, -0.25) is 10.1 Å². The zero-order valence-electron chi connectivity index (χ0n) is 8.91. The number of likely N-dealkylation sites (tertiary alicyclic amines) is 1. The molecule has 2 rings (SSSR count). The van der Waals surface area contributed by atoms with Crippen LogP contribution in [0.1, 0.15) is 25.7 Å². The summed E-state index contributed by atoms with van der Waals surface area (Å²) < 4.78 is 0. The van der Waals surface area contributed by atoms with Crippen molar-refractivity contribution in [2.75, 3.05) is 24.7 Å². The molecule has 2 aliphatic rings. The lowest BCUT2D eigenvalue weighted by Gasteiger charge is -2.23. The molecule has 3 nitrogen and oxygen atoms in total. The number of carbonyl (C=O) groups is 1. The summed E-state index contributed by atoms with van der Waals surface area (Å²) in [6.45, 7) is 1.95. The Balaban J connectivity index is 0.00000112. The lowest BCUT2D eigenvalue weighted by atomic mass is 10.2. The molecule has 1 unspecified atom stereocenters. The Kier molecular flexibility index (Phi) is 5.79. The number of hydrogen-bond donors (Lipinski definition) is 1. The third-order valence-electron chi connectivity index (χ3n) is 2.93. The van der Waals surface area contributed by atoms with Crippen LogP contribution >= 0.6 is 24.2 Å². The predicted octanol–water partition coefficient (Wildman–Crippen LogP) is 1.47. The first-order valence-electron chi connectivity index (χ1n) is 5.48. The molecule has 15 heavy (non-hydrogen) atoms. The first-order chi connectivity index (χ1) is 6.88. The molecule has 0 bridgehead atoms. The fourth-order valence-corrected chi connectivity index (χ4v) is 3.00. The van der Waals surface area contributed by atoms with E-state index in [-0.39, 0.29) is 18.4 Å². The van der Waals surface area contributed by atoms with Gasteiger partial charge in [0.1, 0.15) is 0 Å². The molecule has 1 N–H and O–H groups in total. The van der Waals surface area contributed by atoms with Crippen LogP contribution in [0.5, 0.6) is 0 Å². The van der Waals surface area contributed by atoms with Crippen molar-refractivity contribution >= 4 is 30.1 Å². The van der Waals surface area contributed by atoms with Crippen molar-refractivity contribution in [3.05, 3.63) is 0 Å². The molecule has 5 heteroatoms. The van der Waals surface area contributed by atoms with Crippen LogP contribution < -0.4 is 5.32 Å². The molecule has 0 spiro atoms. The molecule has 88 valence electrons. The second-order valence-corrected chi connectivity index (χ2v) is 5.04. The predicted molar refractivity (Wildman–Crippen MR) is 66.5 cm³/mol. The molecule has 1 amide bonds. The summed E-state index contributed by atoms with van der Waals surface area (Å²) in [6, 6.07) is 0.0955. The Morgan fingerprint density at radius 2 is 1.87 bits per heavy atom. The van der Waals surface area contributed by atoms with E-state index in [4.69, 9.17) is 0 Å². The highest BCUT2D eigenvalue weighted by atomic mass is 35.5. The van der Waals surface area contributed by atoms with Crippen LogP contribution in [-0.4, -0.2) is 41.6 Å². The fraction of sp³-hybridized carbons (Fsp3) is 0.900. The van der Waals surface area contributed by atoms with Gasteiger partial charge >= 0.3 is 0 Å². The maximum Gasteiger partial charge on any atom is 0.240 e. The summed E-state index contributed by atoms with van der Waals surface area (Å²) in [5, 5.41) is 3.25. The average Bonchev–Trinajstić information content (AvgIpc) is 2.59. The minimum atomic E-state index is 0. The van der Waals surface area contributed by atoms with Crippen molar-refractivity contribution in [2.24, 2.45) is 0 Å². The first-order valence-corrected chi connectivity index (χ1v) is 6.63.